The van der Waals surface area contributed by atoms with Gasteiger partial charge in [0.15, 0.2) is 0 Å². The van der Waals surface area contributed by atoms with Gasteiger partial charge in [0, 0.05) is 0 Å². The summed E-state index contributed by atoms with van der Waals surface area (Å²) in [4.78, 5) is 14.1. The van der Waals surface area contributed by atoms with Crippen molar-refractivity contribution < 1.29 is 4.79 Å². The number of hydrogen-bond donors (Lipinski definition) is 0. The standard InChI is InChI=1S/C11H11NO/c1-9-3-2-4-10(7-9)11(5-6-11)12-8-13/h2-4,7H,5-6H2,1H3. The minimum Gasteiger partial charge on any atom is -0.211 e. The molecule has 1 fully saturated rings. The first-order valence-electron chi connectivity index (χ1n) is 4.43. The molecule has 2 nitrogen and oxygen atoms in total. The van der Waals surface area contributed by atoms with Gasteiger partial charge in [0.25, 0.3) is 0 Å². The summed E-state index contributed by atoms with van der Waals surface area (Å²) in [5, 5.41) is 0. The van der Waals surface area contributed by atoms with Crippen molar-refractivity contribution in [3.05, 3.63) is 35.4 Å². The zero-order valence-corrected chi connectivity index (χ0v) is 7.58. The molecule has 1 aromatic rings. The molecule has 0 N–H and O–H groups in total. The summed E-state index contributed by atoms with van der Waals surface area (Å²) < 4.78 is 0. The van der Waals surface area contributed by atoms with Gasteiger partial charge in [-0.2, -0.15) is 4.99 Å². The molecule has 0 unspecified atom stereocenters. The van der Waals surface area contributed by atoms with Gasteiger partial charge in [-0.05, 0) is 25.3 Å². The van der Waals surface area contributed by atoms with Crippen LogP contribution in [0.25, 0.3) is 0 Å². The summed E-state index contributed by atoms with van der Waals surface area (Å²) in [6, 6.07) is 8.17. The minimum atomic E-state index is -0.215. The van der Waals surface area contributed by atoms with Crippen LogP contribution in [0.2, 0.25) is 0 Å². The lowest BCUT2D eigenvalue weighted by Gasteiger charge is -2.07. The molecule has 0 aliphatic heterocycles. The molecule has 0 saturated heterocycles. The first kappa shape index (κ1) is 8.21. The number of benzene rings is 1. The first-order valence-corrected chi connectivity index (χ1v) is 4.43. The number of aliphatic imine (C=N–C) groups is 1. The van der Waals surface area contributed by atoms with E-state index in [-0.39, 0.29) is 5.54 Å². The van der Waals surface area contributed by atoms with Crippen LogP contribution in [0.5, 0.6) is 0 Å². The van der Waals surface area contributed by atoms with Gasteiger partial charge in [-0.1, -0.05) is 29.8 Å². The van der Waals surface area contributed by atoms with E-state index in [4.69, 9.17) is 0 Å². The van der Waals surface area contributed by atoms with E-state index < -0.39 is 0 Å². The van der Waals surface area contributed by atoms with Crippen LogP contribution in [-0.2, 0) is 10.3 Å². The molecule has 2 rings (SSSR count). The molecule has 0 amide bonds. The molecule has 0 aromatic heterocycles. The van der Waals surface area contributed by atoms with Gasteiger partial charge in [-0.25, -0.2) is 4.79 Å². The number of aryl methyl sites for hydroxylation is 1. The van der Waals surface area contributed by atoms with Crippen LogP contribution in [0.15, 0.2) is 29.3 Å². The zero-order valence-electron chi connectivity index (χ0n) is 7.58. The van der Waals surface area contributed by atoms with Gasteiger partial charge >= 0.3 is 0 Å². The molecular formula is C11H11NO. The molecule has 66 valence electrons. The van der Waals surface area contributed by atoms with E-state index in [0.717, 1.165) is 18.4 Å². The summed E-state index contributed by atoms with van der Waals surface area (Å²) in [6.07, 6.45) is 3.62. The highest BCUT2D eigenvalue weighted by Gasteiger charge is 2.44. The van der Waals surface area contributed by atoms with Crippen LogP contribution < -0.4 is 0 Å². The van der Waals surface area contributed by atoms with Gasteiger partial charge in [0.05, 0.1) is 5.54 Å². The lowest BCUT2D eigenvalue weighted by molar-refractivity contribution is 0.556. The highest BCUT2D eigenvalue weighted by atomic mass is 16.1. The molecule has 0 atom stereocenters. The lowest BCUT2D eigenvalue weighted by atomic mass is 10.0. The second-order valence-electron chi connectivity index (χ2n) is 3.60. The summed E-state index contributed by atoms with van der Waals surface area (Å²) >= 11 is 0. The summed E-state index contributed by atoms with van der Waals surface area (Å²) in [5.74, 6) is 0. The average Bonchev–Trinajstić information content (AvgIpc) is 2.86. The predicted molar refractivity (Wildman–Crippen MR) is 50.2 cm³/mol. The smallest absolute Gasteiger partial charge is 0.211 e. The molecule has 0 heterocycles. The Morgan fingerprint density at radius 3 is 2.77 bits per heavy atom. The Kier molecular flexibility index (Phi) is 1.78. The van der Waals surface area contributed by atoms with Crippen molar-refractivity contribution >= 4 is 6.08 Å². The molecule has 13 heavy (non-hydrogen) atoms. The van der Waals surface area contributed by atoms with Crippen molar-refractivity contribution in [2.24, 2.45) is 4.99 Å². The summed E-state index contributed by atoms with van der Waals surface area (Å²) in [6.45, 7) is 2.05. The van der Waals surface area contributed by atoms with E-state index in [2.05, 4.69) is 11.1 Å². The van der Waals surface area contributed by atoms with Crippen LogP contribution in [0, 0.1) is 6.92 Å². The third-order valence-corrected chi connectivity index (χ3v) is 2.54. The summed E-state index contributed by atoms with van der Waals surface area (Å²) in [5.41, 5.74) is 2.15. The molecule has 0 spiro atoms. The van der Waals surface area contributed by atoms with E-state index in [9.17, 15) is 4.79 Å². The second-order valence-corrected chi connectivity index (χ2v) is 3.60. The lowest BCUT2D eigenvalue weighted by Crippen LogP contribution is -2.01. The first-order chi connectivity index (χ1) is 6.27. The fourth-order valence-electron chi connectivity index (χ4n) is 1.61. The number of rotatable bonds is 2. The zero-order chi connectivity index (χ0) is 9.31. The van der Waals surface area contributed by atoms with Crippen LogP contribution in [0.4, 0.5) is 0 Å². The average molecular weight is 173 g/mol. The van der Waals surface area contributed by atoms with Crippen molar-refractivity contribution in [2.75, 3.05) is 0 Å². The summed E-state index contributed by atoms with van der Waals surface area (Å²) in [7, 11) is 0. The largest absolute Gasteiger partial charge is 0.235 e. The maximum Gasteiger partial charge on any atom is 0.235 e. The van der Waals surface area contributed by atoms with Crippen molar-refractivity contribution in [1.29, 1.82) is 0 Å². The maximum atomic E-state index is 10.2. The molecule has 0 radical (unpaired) electrons. The van der Waals surface area contributed by atoms with Gasteiger partial charge in [-0.3, -0.25) is 0 Å². The monoisotopic (exact) mass is 173 g/mol. The van der Waals surface area contributed by atoms with Crippen molar-refractivity contribution in [3.63, 3.8) is 0 Å². The van der Waals surface area contributed by atoms with Gasteiger partial charge < -0.3 is 0 Å². The quantitative estimate of drug-likeness (QED) is 0.498. The molecule has 2 heteroatoms. The van der Waals surface area contributed by atoms with Crippen LogP contribution in [0.1, 0.15) is 24.0 Å². The molecule has 1 aliphatic carbocycles. The Morgan fingerprint density at radius 2 is 2.23 bits per heavy atom. The van der Waals surface area contributed by atoms with E-state index >= 15 is 0 Å². The molecule has 1 aromatic carbocycles. The molecule has 0 bridgehead atoms. The maximum absolute atomic E-state index is 10.2. The van der Waals surface area contributed by atoms with E-state index in [0.29, 0.717) is 0 Å². The van der Waals surface area contributed by atoms with Crippen molar-refractivity contribution in [3.8, 4) is 0 Å². The Morgan fingerprint density at radius 1 is 1.46 bits per heavy atom. The fourth-order valence-corrected chi connectivity index (χ4v) is 1.61. The Hall–Kier alpha value is -1.40. The van der Waals surface area contributed by atoms with Crippen molar-refractivity contribution in [2.45, 2.75) is 25.3 Å². The fraction of sp³-hybridized carbons (Fsp3) is 0.364. The Labute approximate surface area is 77.3 Å². The topological polar surface area (TPSA) is 29.4 Å². The van der Waals surface area contributed by atoms with Gasteiger partial charge in [-0.15, -0.1) is 0 Å². The highest BCUT2D eigenvalue weighted by molar-refractivity contribution is 5.42. The van der Waals surface area contributed by atoms with Crippen LogP contribution in [0.3, 0.4) is 0 Å². The normalized spacial score (nSPS) is 17.6. The molecular weight excluding hydrogens is 162 g/mol. The highest BCUT2D eigenvalue weighted by Crippen LogP contribution is 2.49. The van der Waals surface area contributed by atoms with E-state index in [1.807, 2.05) is 25.1 Å². The number of isocyanates is 1. The number of carbonyl (C=O) groups excluding carboxylic acids is 1. The van der Waals surface area contributed by atoms with Crippen LogP contribution >= 0.6 is 0 Å². The van der Waals surface area contributed by atoms with E-state index in [1.165, 1.54) is 5.56 Å². The van der Waals surface area contributed by atoms with Gasteiger partial charge in [0.1, 0.15) is 0 Å². The number of hydrogen-bond acceptors (Lipinski definition) is 2. The molecule has 1 saturated carbocycles. The second kappa shape index (κ2) is 2.82. The predicted octanol–water partition coefficient (Wildman–Crippen LogP) is 2.32. The Bertz CT molecular complexity index is 373. The Balaban J connectivity index is 2.40. The SMILES string of the molecule is Cc1cccc(C2(N=C=O)CC2)c1. The third kappa shape index (κ3) is 1.41. The minimum absolute atomic E-state index is 0.215. The third-order valence-electron chi connectivity index (χ3n) is 2.54. The van der Waals surface area contributed by atoms with Crippen LogP contribution in [-0.4, -0.2) is 6.08 Å². The number of nitrogens with zero attached hydrogens (tertiary/aromatic N) is 1. The van der Waals surface area contributed by atoms with Crippen molar-refractivity contribution in [1.82, 2.24) is 0 Å². The van der Waals surface area contributed by atoms with Gasteiger partial charge in [0.2, 0.25) is 6.08 Å². The molecule has 1 aliphatic rings. The van der Waals surface area contributed by atoms with E-state index in [1.54, 1.807) is 6.08 Å².